The van der Waals surface area contributed by atoms with Gasteiger partial charge in [0, 0.05) is 0 Å². The Kier molecular flexibility index (Phi) is 5.46. The second-order valence-electron chi connectivity index (χ2n) is 0.900. The van der Waals surface area contributed by atoms with Gasteiger partial charge in [-0.1, -0.05) is 0 Å². The second-order valence-corrected chi connectivity index (χ2v) is 0.900. The lowest BCUT2D eigenvalue weighted by atomic mass is 10.7. The summed E-state index contributed by atoms with van der Waals surface area (Å²) < 4.78 is 4.08. The first kappa shape index (κ1) is 7.13. The molecule has 8 heavy (non-hydrogen) atoms. The average molecular weight is 118 g/mol. The number of hydrogen-bond donors (Lipinski definition) is 1. The van der Waals surface area contributed by atoms with E-state index in [-0.39, 0.29) is 13.1 Å². The number of carbonyl (C=O) groups is 1. The highest BCUT2D eigenvalue weighted by molar-refractivity contribution is 5.38. The first-order valence-corrected chi connectivity index (χ1v) is 1.92. The molecule has 0 aromatic heterocycles. The fourth-order valence-electron chi connectivity index (χ4n) is 0.170. The van der Waals surface area contributed by atoms with Gasteiger partial charge in [-0.25, -0.2) is 4.89 Å². The Hall–Kier alpha value is -0.870. The van der Waals surface area contributed by atoms with Gasteiger partial charge in [0.05, 0.1) is 6.26 Å². The summed E-state index contributed by atoms with van der Waals surface area (Å²) in [6.45, 7) is 0.293. The van der Waals surface area contributed by atoms with Crippen LogP contribution in [0.3, 0.4) is 0 Å². The molecule has 0 saturated heterocycles. The van der Waals surface area contributed by atoms with Gasteiger partial charge >= 0.3 is 0 Å². The average Bonchev–Trinajstić information content (AvgIpc) is 1.81. The molecule has 0 atom stereocenters. The lowest BCUT2D eigenvalue weighted by Gasteiger charge is -1.83. The summed E-state index contributed by atoms with van der Waals surface area (Å²) in [5.41, 5.74) is 0. The molecule has 0 unspecified atom stereocenters. The van der Waals surface area contributed by atoms with Crippen LogP contribution in [0.2, 0.25) is 0 Å². The van der Waals surface area contributed by atoms with Crippen LogP contribution in [-0.4, -0.2) is 18.3 Å². The van der Waals surface area contributed by atoms with Crippen LogP contribution in [0.1, 0.15) is 0 Å². The molecule has 0 aromatic rings. The van der Waals surface area contributed by atoms with Crippen molar-refractivity contribution < 1.29 is 19.7 Å². The van der Waals surface area contributed by atoms with Gasteiger partial charge in [-0.05, 0) is 6.08 Å². The molecule has 0 bridgehead atoms. The molecule has 0 spiro atoms. The monoisotopic (exact) mass is 118 g/mol. The van der Waals surface area contributed by atoms with E-state index in [4.69, 9.17) is 5.26 Å². The van der Waals surface area contributed by atoms with E-state index in [2.05, 4.69) is 9.62 Å². The van der Waals surface area contributed by atoms with Gasteiger partial charge in [-0.2, -0.15) is 0 Å². The summed E-state index contributed by atoms with van der Waals surface area (Å²) in [5, 5.41) is 7.67. The van der Waals surface area contributed by atoms with Crippen LogP contribution in [0, 0.1) is 0 Å². The number of hydrogen-bond acceptors (Lipinski definition) is 4. The molecular formula is C4H6O4. The third-order valence-corrected chi connectivity index (χ3v) is 0.401. The van der Waals surface area contributed by atoms with Crippen molar-refractivity contribution in [2.45, 2.75) is 0 Å². The lowest BCUT2D eigenvalue weighted by molar-refractivity contribution is -0.232. The second kappa shape index (κ2) is 6.13. The van der Waals surface area contributed by atoms with Crippen molar-refractivity contribution >= 4 is 6.47 Å². The Labute approximate surface area is 46.3 Å². The SMILES string of the molecule is O=CO/C=C/COO. The van der Waals surface area contributed by atoms with E-state index in [1.54, 1.807) is 0 Å². The van der Waals surface area contributed by atoms with Gasteiger partial charge in [0.25, 0.3) is 6.47 Å². The van der Waals surface area contributed by atoms with E-state index in [1.165, 1.54) is 6.08 Å². The zero-order valence-electron chi connectivity index (χ0n) is 4.11. The topological polar surface area (TPSA) is 55.8 Å². The van der Waals surface area contributed by atoms with Crippen molar-refractivity contribution in [1.29, 1.82) is 0 Å². The molecule has 0 heterocycles. The van der Waals surface area contributed by atoms with E-state index >= 15 is 0 Å². The van der Waals surface area contributed by atoms with Crippen LogP contribution in [0.25, 0.3) is 0 Å². The van der Waals surface area contributed by atoms with Crippen LogP contribution in [-0.2, 0) is 14.4 Å². The first-order valence-electron chi connectivity index (χ1n) is 1.92. The normalized spacial score (nSPS) is 9.62. The van der Waals surface area contributed by atoms with Gasteiger partial charge in [0.1, 0.15) is 6.61 Å². The zero-order chi connectivity index (χ0) is 6.24. The highest BCUT2D eigenvalue weighted by Gasteiger charge is 1.71. The van der Waals surface area contributed by atoms with Crippen molar-refractivity contribution in [3.63, 3.8) is 0 Å². The van der Waals surface area contributed by atoms with Crippen molar-refractivity contribution in [1.82, 2.24) is 0 Å². The van der Waals surface area contributed by atoms with E-state index in [0.29, 0.717) is 0 Å². The minimum Gasteiger partial charge on any atom is -0.437 e. The fourth-order valence-corrected chi connectivity index (χ4v) is 0.170. The highest BCUT2D eigenvalue weighted by atomic mass is 17.1. The maximum Gasteiger partial charge on any atom is 0.297 e. The zero-order valence-corrected chi connectivity index (χ0v) is 4.11. The van der Waals surface area contributed by atoms with E-state index in [9.17, 15) is 4.79 Å². The van der Waals surface area contributed by atoms with E-state index in [0.717, 1.165) is 6.26 Å². The highest BCUT2D eigenvalue weighted by Crippen LogP contribution is 1.72. The quantitative estimate of drug-likeness (QED) is 0.247. The Morgan fingerprint density at radius 1 is 1.62 bits per heavy atom. The van der Waals surface area contributed by atoms with Gasteiger partial charge in [0.15, 0.2) is 0 Å². The Balaban J connectivity index is 2.94. The number of rotatable bonds is 4. The third-order valence-electron chi connectivity index (χ3n) is 0.401. The first-order chi connectivity index (χ1) is 3.91. The number of carbonyl (C=O) groups excluding carboxylic acids is 1. The summed E-state index contributed by atoms with van der Waals surface area (Å²) >= 11 is 0. The maximum absolute atomic E-state index is 9.39. The predicted molar refractivity (Wildman–Crippen MR) is 24.9 cm³/mol. The molecule has 4 nitrogen and oxygen atoms in total. The Morgan fingerprint density at radius 2 is 2.38 bits per heavy atom. The van der Waals surface area contributed by atoms with Crippen LogP contribution in [0.5, 0.6) is 0 Å². The molecule has 0 fully saturated rings. The largest absolute Gasteiger partial charge is 0.437 e. The van der Waals surface area contributed by atoms with Crippen molar-refractivity contribution in [2.75, 3.05) is 6.61 Å². The number of ether oxygens (including phenoxy) is 1. The molecular weight excluding hydrogens is 112 g/mol. The molecule has 0 aliphatic rings. The Morgan fingerprint density at radius 3 is 2.88 bits per heavy atom. The molecule has 0 saturated carbocycles. The fraction of sp³-hybridized carbons (Fsp3) is 0.250. The van der Waals surface area contributed by atoms with Gasteiger partial charge in [-0.3, -0.25) is 10.1 Å². The standard InChI is InChI=1S/C4H6O4/c5-4-7-2-1-3-8-6/h1-2,4,6H,3H2/b2-1+. The summed E-state index contributed by atoms with van der Waals surface area (Å²) in [7, 11) is 0. The van der Waals surface area contributed by atoms with Gasteiger partial charge in [-0.15, -0.1) is 0 Å². The Bertz CT molecular complexity index is 78.1. The van der Waals surface area contributed by atoms with Gasteiger partial charge < -0.3 is 4.74 Å². The van der Waals surface area contributed by atoms with Crippen LogP contribution in [0.4, 0.5) is 0 Å². The molecule has 0 amide bonds. The maximum atomic E-state index is 9.39. The minimum absolute atomic E-state index is 0.0217. The molecule has 0 aliphatic carbocycles. The molecule has 0 aliphatic heterocycles. The molecule has 0 aromatic carbocycles. The molecule has 0 radical (unpaired) electrons. The molecule has 4 heteroatoms. The predicted octanol–water partition coefficient (Wildman–Crippen LogP) is 0.163. The van der Waals surface area contributed by atoms with Crippen molar-refractivity contribution in [2.24, 2.45) is 0 Å². The van der Waals surface area contributed by atoms with Crippen molar-refractivity contribution in [3.05, 3.63) is 12.3 Å². The smallest absolute Gasteiger partial charge is 0.297 e. The van der Waals surface area contributed by atoms with Crippen molar-refractivity contribution in [3.8, 4) is 0 Å². The van der Waals surface area contributed by atoms with Gasteiger partial charge in [0.2, 0.25) is 0 Å². The summed E-state index contributed by atoms with van der Waals surface area (Å²) in [5.74, 6) is 0. The van der Waals surface area contributed by atoms with E-state index < -0.39 is 0 Å². The van der Waals surface area contributed by atoms with Crippen LogP contribution < -0.4 is 0 Å². The third kappa shape index (κ3) is 5.13. The van der Waals surface area contributed by atoms with Crippen LogP contribution in [0.15, 0.2) is 12.3 Å². The molecule has 46 valence electrons. The summed E-state index contributed by atoms with van der Waals surface area (Å²) in [6.07, 6.45) is 2.46. The summed E-state index contributed by atoms with van der Waals surface area (Å²) in [6, 6.07) is 0. The van der Waals surface area contributed by atoms with E-state index in [1.807, 2.05) is 0 Å². The molecule has 0 rings (SSSR count). The lowest BCUT2D eigenvalue weighted by Crippen LogP contribution is -1.82. The van der Waals surface area contributed by atoms with Crippen LogP contribution >= 0.6 is 0 Å². The molecule has 1 N–H and O–H groups in total. The minimum atomic E-state index is 0.0217. The summed E-state index contributed by atoms with van der Waals surface area (Å²) in [4.78, 5) is 13.0.